The average molecular weight is 211 g/mol. The third-order valence-corrected chi connectivity index (χ3v) is 2.15. The molecule has 0 saturated heterocycles. The van der Waals surface area contributed by atoms with Gasteiger partial charge in [0.05, 0.1) is 6.20 Å². The second-order valence-corrected chi connectivity index (χ2v) is 3.53. The van der Waals surface area contributed by atoms with E-state index < -0.39 is 0 Å². The Labute approximate surface area is 88.8 Å². The molecule has 6 nitrogen and oxygen atoms in total. The van der Waals surface area contributed by atoms with Crippen LogP contribution in [0.5, 0.6) is 0 Å². The van der Waals surface area contributed by atoms with Crippen molar-refractivity contribution in [2.45, 2.75) is 19.9 Å². The van der Waals surface area contributed by atoms with Gasteiger partial charge in [0.25, 0.3) is 0 Å². The lowest BCUT2D eigenvalue weighted by Crippen LogP contribution is -2.31. The van der Waals surface area contributed by atoms with E-state index in [4.69, 9.17) is 5.73 Å². The van der Waals surface area contributed by atoms with Gasteiger partial charge >= 0.3 is 0 Å². The topological polar surface area (TPSA) is 85.8 Å². The molecule has 0 aliphatic heterocycles. The number of hydrogen-bond donors (Lipinski definition) is 2. The van der Waals surface area contributed by atoms with E-state index in [-0.39, 0.29) is 11.8 Å². The summed E-state index contributed by atoms with van der Waals surface area (Å²) in [6, 6.07) is 0. The molecule has 15 heavy (non-hydrogen) atoms. The van der Waals surface area contributed by atoms with Crippen LogP contribution in [0.1, 0.15) is 13.3 Å². The van der Waals surface area contributed by atoms with Gasteiger partial charge in [0.2, 0.25) is 5.91 Å². The summed E-state index contributed by atoms with van der Waals surface area (Å²) < 4.78 is 1.78. The quantitative estimate of drug-likeness (QED) is 0.588. The van der Waals surface area contributed by atoms with Gasteiger partial charge in [-0.3, -0.25) is 9.48 Å². The summed E-state index contributed by atoms with van der Waals surface area (Å²) in [6.07, 6.45) is 4.43. The molecular weight excluding hydrogens is 194 g/mol. The summed E-state index contributed by atoms with van der Waals surface area (Å²) in [5.74, 6) is -0.379. The van der Waals surface area contributed by atoms with Crippen molar-refractivity contribution >= 4 is 5.91 Å². The fourth-order valence-corrected chi connectivity index (χ4v) is 1.14. The van der Waals surface area contributed by atoms with Crippen molar-refractivity contribution in [1.29, 1.82) is 0 Å². The first-order chi connectivity index (χ1) is 7.20. The lowest BCUT2D eigenvalue weighted by atomic mass is 10.2. The number of nitrogens with two attached hydrogens (primary N) is 1. The summed E-state index contributed by atoms with van der Waals surface area (Å²) in [7, 11) is 0. The van der Waals surface area contributed by atoms with Crippen molar-refractivity contribution in [2.24, 2.45) is 11.7 Å². The lowest BCUT2D eigenvalue weighted by molar-refractivity contribution is -0.121. The number of nitrogens with one attached hydrogen (secondary N) is 1. The summed E-state index contributed by atoms with van der Waals surface area (Å²) in [4.78, 5) is 10.7. The highest BCUT2D eigenvalue weighted by Gasteiger charge is 2.06. The van der Waals surface area contributed by atoms with Crippen LogP contribution in [0.2, 0.25) is 0 Å². The summed E-state index contributed by atoms with van der Waals surface area (Å²) in [5.41, 5.74) is 5.13. The number of primary amides is 1. The first-order valence-electron chi connectivity index (χ1n) is 5.04. The van der Waals surface area contributed by atoms with Crippen LogP contribution in [0.3, 0.4) is 0 Å². The average Bonchev–Trinajstić information content (AvgIpc) is 2.69. The lowest BCUT2D eigenvalue weighted by Gasteiger charge is -2.08. The van der Waals surface area contributed by atoms with Crippen LogP contribution in [-0.4, -0.2) is 34.0 Å². The molecule has 0 aliphatic rings. The van der Waals surface area contributed by atoms with Crippen molar-refractivity contribution in [2.75, 3.05) is 13.1 Å². The van der Waals surface area contributed by atoms with Crippen LogP contribution in [-0.2, 0) is 11.3 Å². The van der Waals surface area contributed by atoms with Crippen LogP contribution in [0, 0.1) is 5.92 Å². The predicted molar refractivity (Wildman–Crippen MR) is 55.9 cm³/mol. The van der Waals surface area contributed by atoms with Crippen molar-refractivity contribution in [3.8, 4) is 0 Å². The van der Waals surface area contributed by atoms with Gasteiger partial charge in [-0.05, 0) is 13.0 Å². The smallest absolute Gasteiger partial charge is 0.221 e. The van der Waals surface area contributed by atoms with Gasteiger partial charge < -0.3 is 11.1 Å². The van der Waals surface area contributed by atoms with E-state index >= 15 is 0 Å². The standard InChI is InChI=1S/C9H17N5O/c1-8(9(10)15)7-11-3-2-5-14-6-4-12-13-14/h4,6,8,11H,2-3,5,7H2,1H3,(H2,10,15). The zero-order valence-electron chi connectivity index (χ0n) is 8.89. The van der Waals surface area contributed by atoms with Crippen LogP contribution in [0.25, 0.3) is 0 Å². The number of rotatable bonds is 7. The highest BCUT2D eigenvalue weighted by molar-refractivity contribution is 5.76. The SMILES string of the molecule is CC(CNCCCn1ccnn1)C(N)=O. The fraction of sp³-hybridized carbons (Fsp3) is 0.667. The van der Waals surface area contributed by atoms with Gasteiger partial charge in [-0.2, -0.15) is 0 Å². The Hall–Kier alpha value is -1.43. The molecule has 6 heteroatoms. The maximum absolute atomic E-state index is 10.7. The highest BCUT2D eigenvalue weighted by Crippen LogP contribution is 1.90. The Kier molecular flexibility index (Phi) is 4.76. The van der Waals surface area contributed by atoms with E-state index in [2.05, 4.69) is 15.6 Å². The predicted octanol–water partition coefficient (Wildman–Crippen LogP) is -0.621. The Balaban J connectivity index is 2.00. The van der Waals surface area contributed by atoms with Crippen LogP contribution < -0.4 is 11.1 Å². The number of carbonyl (C=O) groups excluding carboxylic acids is 1. The zero-order valence-corrected chi connectivity index (χ0v) is 8.89. The Morgan fingerprint density at radius 2 is 2.47 bits per heavy atom. The summed E-state index contributed by atoms with van der Waals surface area (Å²) in [5, 5.41) is 10.7. The van der Waals surface area contributed by atoms with Gasteiger partial charge in [0.15, 0.2) is 0 Å². The maximum Gasteiger partial charge on any atom is 0.221 e. The first kappa shape index (κ1) is 11.6. The summed E-state index contributed by atoms with van der Waals surface area (Å²) >= 11 is 0. The van der Waals surface area contributed by atoms with E-state index in [0.29, 0.717) is 6.54 Å². The van der Waals surface area contributed by atoms with Gasteiger partial charge in [-0.1, -0.05) is 12.1 Å². The first-order valence-corrected chi connectivity index (χ1v) is 5.04. The third kappa shape index (κ3) is 4.55. The van der Waals surface area contributed by atoms with Gasteiger partial charge in [-0.25, -0.2) is 0 Å². The number of amides is 1. The van der Waals surface area contributed by atoms with E-state index in [1.165, 1.54) is 0 Å². The minimum Gasteiger partial charge on any atom is -0.369 e. The number of aromatic nitrogens is 3. The molecule has 0 spiro atoms. The van der Waals surface area contributed by atoms with E-state index in [9.17, 15) is 4.79 Å². The normalized spacial score (nSPS) is 12.6. The number of nitrogens with zero attached hydrogens (tertiary/aromatic N) is 3. The van der Waals surface area contributed by atoms with E-state index in [1.54, 1.807) is 10.9 Å². The van der Waals surface area contributed by atoms with Gasteiger partial charge in [-0.15, -0.1) is 5.10 Å². The maximum atomic E-state index is 10.7. The second-order valence-electron chi connectivity index (χ2n) is 3.53. The molecule has 0 radical (unpaired) electrons. The molecule has 1 atom stereocenters. The minimum absolute atomic E-state index is 0.114. The van der Waals surface area contributed by atoms with Crippen LogP contribution in [0.15, 0.2) is 12.4 Å². The highest BCUT2D eigenvalue weighted by atomic mass is 16.1. The monoisotopic (exact) mass is 211 g/mol. The molecule has 1 aromatic rings. The van der Waals surface area contributed by atoms with E-state index in [0.717, 1.165) is 19.5 Å². The number of aryl methyl sites for hydroxylation is 1. The molecule has 3 N–H and O–H groups in total. The molecule has 0 aromatic carbocycles. The molecular formula is C9H17N5O. The van der Waals surface area contributed by atoms with Crippen molar-refractivity contribution in [1.82, 2.24) is 20.3 Å². The van der Waals surface area contributed by atoms with Crippen molar-refractivity contribution in [3.05, 3.63) is 12.4 Å². The molecule has 84 valence electrons. The van der Waals surface area contributed by atoms with E-state index in [1.807, 2.05) is 13.1 Å². The molecule has 0 fully saturated rings. The second kappa shape index (κ2) is 6.13. The largest absolute Gasteiger partial charge is 0.369 e. The Morgan fingerprint density at radius 3 is 3.07 bits per heavy atom. The molecule has 0 aliphatic carbocycles. The molecule has 1 heterocycles. The third-order valence-electron chi connectivity index (χ3n) is 2.15. The zero-order chi connectivity index (χ0) is 11.1. The molecule has 0 saturated carbocycles. The fourth-order valence-electron chi connectivity index (χ4n) is 1.14. The van der Waals surface area contributed by atoms with Crippen LogP contribution >= 0.6 is 0 Å². The number of hydrogen-bond acceptors (Lipinski definition) is 4. The van der Waals surface area contributed by atoms with Crippen molar-refractivity contribution < 1.29 is 4.79 Å². The minimum atomic E-state index is -0.265. The van der Waals surface area contributed by atoms with Gasteiger partial charge in [0.1, 0.15) is 0 Å². The molecule has 1 rings (SSSR count). The number of carbonyl (C=O) groups is 1. The van der Waals surface area contributed by atoms with Crippen molar-refractivity contribution in [3.63, 3.8) is 0 Å². The Bertz CT molecular complexity index is 285. The molecule has 0 bridgehead atoms. The molecule has 1 aromatic heterocycles. The van der Waals surface area contributed by atoms with Crippen LogP contribution in [0.4, 0.5) is 0 Å². The summed E-state index contributed by atoms with van der Waals surface area (Å²) in [6.45, 7) is 4.12. The van der Waals surface area contributed by atoms with Gasteiger partial charge in [0, 0.05) is 25.2 Å². The Morgan fingerprint density at radius 1 is 1.67 bits per heavy atom. The molecule has 1 amide bonds. The molecule has 1 unspecified atom stereocenters.